The van der Waals surface area contributed by atoms with E-state index in [4.69, 9.17) is 9.47 Å². The van der Waals surface area contributed by atoms with Gasteiger partial charge in [-0.1, -0.05) is 53.1 Å². The van der Waals surface area contributed by atoms with Gasteiger partial charge >= 0.3 is 0 Å². The first-order valence-corrected chi connectivity index (χ1v) is 8.66. The molecule has 0 bridgehead atoms. The SMILES string of the molecule is CC.CCOCCOCSSc1ccc(C)cc1. The van der Waals surface area contributed by atoms with Gasteiger partial charge in [0.05, 0.1) is 13.2 Å². The van der Waals surface area contributed by atoms with Gasteiger partial charge in [0, 0.05) is 11.5 Å². The monoisotopic (exact) mass is 288 g/mol. The van der Waals surface area contributed by atoms with Crippen LogP contribution >= 0.6 is 21.6 Å². The highest BCUT2D eigenvalue weighted by molar-refractivity contribution is 8.76. The molecule has 104 valence electrons. The Morgan fingerprint density at radius 3 is 2.22 bits per heavy atom. The molecule has 1 aromatic carbocycles. The zero-order valence-corrected chi connectivity index (χ0v) is 13.4. The van der Waals surface area contributed by atoms with Gasteiger partial charge in [0.1, 0.15) is 5.94 Å². The summed E-state index contributed by atoms with van der Waals surface area (Å²) in [5.74, 6) is 0.700. The average Bonchev–Trinajstić information content (AvgIpc) is 2.42. The van der Waals surface area contributed by atoms with Crippen molar-refractivity contribution >= 4 is 21.6 Å². The van der Waals surface area contributed by atoms with E-state index in [0.717, 1.165) is 6.61 Å². The molecule has 1 rings (SSSR count). The second kappa shape index (κ2) is 13.3. The van der Waals surface area contributed by atoms with Gasteiger partial charge in [-0.3, -0.25) is 0 Å². The van der Waals surface area contributed by atoms with E-state index in [1.54, 1.807) is 21.6 Å². The zero-order chi connectivity index (χ0) is 13.6. The molecule has 0 amide bonds. The standard InChI is InChI=1S/C12H18O2S2.C2H6/c1-3-13-8-9-14-10-15-16-12-6-4-11(2)5-7-12;1-2/h4-7H,3,8-10H2,1-2H3;1-2H3. The van der Waals surface area contributed by atoms with Crippen molar-refractivity contribution in [2.45, 2.75) is 32.6 Å². The van der Waals surface area contributed by atoms with Crippen LogP contribution < -0.4 is 0 Å². The van der Waals surface area contributed by atoms with Crippen LogP contribution in [-0.4, -0.2) is 25.8 Å². The maximum atomic E-state index is 5.40. The van der Waals surface area contributed by atoms with Gasteiger partial charge < -0.3 is 9.47 Å². The molecule has 4 heteroatoms. The van der Waals surface area contributed by atoms with Gasteiger partial charge in [0.25, 0.3) is 0 Å². The quantitative estimate of drug-likeness (QED) is 0.389. The predicted molar refractivity (Wildman–Crippen MR) is 83.3 cm³/mol. The molecule has 0 N–H and O–H groups in total. The summed E-state index contributed by atoms with van der Waals surface area (Å²) in [5.41, 5.74) is 1.29. The molecule has 0 saturated carbocycles. The molecule has 0 atom stereocenters. The first-order chi connectivity index (χ1) is 8.83. The molecule has 0 spiro atoms. The lowest BCUT2D eigenvalue weighted by atomic mass is 10.2. The van der Waals surface area contributed by atoms with Gasteiger partial charge in [-0.2, -0.15) is 0 Å². The van der Waals surface area contributed by atoms with Crippen molar-refractivity contribution in [1.82, 2.24) is 0 Å². The van der Waals surface area contributed by atoms with Crippen molar-refractivity contribution in [3.8, 4) is 0 Å². The largest absolute Gasteiger partial charge is 0.379 e. The Balaban J connectivity index is 0.00000137. The summed E-state index contributed by atoms with van der Waals surface area (Å²) in [6.07, 6.45) is 0. The molecular formula is C14H24O2S2. The maximum absolute atomic E-state index is 5.40. The van der Waals surface area contributed by atoms with E-state index in [9.17, 15) is 0 Å². The van der Waals surface area contributed by atoms with Crippen LogP contribution in [0.25, 0.3) is 0 Å². The van der Waals surface area contributed by atoms with Gasteiger partial charge in [-0.25, -0.2) is 0 Å². The van der Waals surface area contributed by atoms with Gasteiger partial charge in [-0.05, 0) is 26.0 Å². The highest BCUT2D eigenvalue weighted by atomic mass is 33.1. The Labute approximate surface area is 119 Å². The van der Waals surface area contributed by atoms with Crippen LogP contribution in [0.5, 0.6) is 0 Å². The van der Waals surface area contributed by atoms with Crippen molar-refractivity contribution in [3.05, 3.63) is 29.8 Å². The van der Waals surface area contributed by atoms with Crippen LogP contribution in [0.2, 0.25) is 0 Å². The van der Waals surface area contributed by atoms with E-state index in [2.05, 4.69) is 31.2 Å². The van der Waals surface area contributed by atoms with Crippen molar-refractivity contribution in [2.75, 3.05) is 25.8 Å². The number of ether oxygens (including phenoxy) is 2. The van der Waals surface area contributed by atoms with Gasteiger partial charge in [0.2, 0.25) is 0 Å². The van der Waals surface area contributed by atoms with Gasteiger partial charge in [-0.15, -0.1) is 0 Å². The third kappa shape index (κ3) is 9.83. The van der Waals surface area contributed by atoms with Crippen molar-refractivity contribution in [2.24, 2.45) is 0 Å². The van der Waals surface area contributed by atoms with E-state index in [1.165, 1.54) is 10.5 Å². The second-order valence-electron chi connectivity index (χ2n) is 3.24. The summed E-state index contributed by atoms with van der Waals surface area (Å²) in [4.78, 5) is 1.27. The molecule has 0 aliphatic carbocycles. The maximum Gasteiger partial charge on any atom is 0.103 e. The zero-order valence-electron chi connectivity index (χ0n) is 11.8. The van der Waals surface area contributed by atoms with Crippen LogP contribution in [0.4, 0.5) is 0 Å². The molecule has 0 aliphatic heterocycles. The molecule has 1 aromatic rings. The van der Waals surface area contributed by atoms with Crippen molar-refractivity contribution < 1.29 is 9.47 Å². The number of rotatable bonds is 8. The molecule has 0 fully saturated rings. The van der Waals surface area contributed by atoms with Crippen LogP contribution in [0, 0.1) is 6.92 Å². The fraction of sp³-hybridized carbons (Fsp3) is 0.571. The number of benzene rings is 1. The Hall–Kier alpha value is -0.160. The van der Waals surface area contributed by atoms with Crippen LogP contribution in [0.3, 0.4) is 0 Å². The Morgan fingerprint density at radius 2 is 1.61 bits per heavy atom. The normalized spacial score (nSPS) is 9.78. The minimum atomic E-state index is 0.676. The Morgan fingerprint density at radius 1 is 1.00 bits per heavy atom. The summed E-state index contributed by atoms with van der Waals surface area (Å²) < 4.78 is 10.6. The molecule has 2 nitrogen and oxygen atoms in total. The van der Waals surface area contributed by atoms with Crippen LogP contribution in [-0.2, 0) is 9.47 Å². The molecule has 0 unspecified atom stereocenters. The smallest absolute Gasteiger partial charge is 0.103 e. The fourth-order valence-electron chi connectivity index (χ4n) is 1.04. The summed E-state index contributed by atoms with van der Waals surface area (Å²) in [6, 6.07) is 8.51. The lowest BCUT2D eigenvalue weighted by Crippen LogP contribution is -2.02. The van der Waals surface area contributed by atoms with Crippen LogP contribution in [0.15, 0.2) is 29.2 Å². The molecule has 0 aliphatic rings. The number of hydrogen-bond donors (Lipinski definition) is 0. The first kappa shape index (κ1) is 17.8. The number of aryl methyl sites for hydroxylation is 1. The summed E-state index contributed by atoms with van der Waals surface area (Å²) in [6.45, 7) is 10.2. The predicted octanol–water partition coefficient (Wildman–Crippen LogP) is 4.77. The summed E-state index contributed by atoms with van der Waals surface area (Å²) >= 11 is 0. The van der Waals surface area contributed by atoms with Crippen molar-refractivity contribution in [1.29, 1.82) is 0 Å². The minimum Gasteiger partial charge on any atom is -0.379 e. The van der Waals surface area contributed by atoms with E-state index in [-0.39, 0.29) is 0 Å². The minimum absolute atomic E-state index is 0.676. The van der Waals surface area contributed by atoms with Crippen LogP contribution in [0.1, 0.15) is 26.3 Å². The molecule has 0 saturated heterocycles. The number of hydrogen-bond acceptors (Lipinski definition) is 4. The first-order valence-electron chi connectivity index (χ1n) is 6.34. The average molecular weight is 288 g/mol. The van der Waals surface area contributed by atoms with E-state index in [1.807, 2.05) is 20.8 Å². The molecule has 0 aromatic heterocycles. The molecule has 0 heterocycles. The topological polar surface area (TPSA) is 18.5 Å². The highest BCUT2D eigenvalue weighted by Crippen LogP contribution is 2.30. The lowest BCUT2D eigenvalue weighted by molar-refractivity contribution is 0.0724. The third-order valence-corrected chi connectivity index (χ3v) is 3.95. The van der Waals surface area contributed by atoms with E-state index in [0.29, 0.717) is 19.2 Å². The van der Waals surface area contributed by atoms with E-state index >= 15 is 0 Å². The fourth-order valence-corrected chi connectivity index (χ4v) is 2.75. The second-order valence-corrected chi connectivity index (χ2v) is 5.55. The Bertz CT molecular complexity index is 276. The van der Waals surface area contributed by atoms with E-state index < -0.39 is 0 Å². The molecule has 0 radical (unpaired) electrons. The Kier molecular flexibility index (Phi) is 13.2. The summed E-state index contributed by atoms with van der Waals surface area (Å²) in [7, 11) is 3.45. The highest BCUT2D eigenvalue weighted by Gasteiger charge is 1.94. The summed E-state index contributed by atoms with van der Waals surface area (Å²) in [5, 5.41) is 0. The third-order valence-electron chi connectivity index (χ3n) is 1.88. The lowest BCUT2D eigenvalue weighted by Gasteiger charge is -2.04. The van der Waals surface area contributed by atoms with Crippen molar-refractivity contribution in [3.63, 3.8) is 0 Å². The molecule has 18 heavy (non-hydrogen) atoms. The van der Waals surface area contributed by atoms with Gasteiger partial charge in [0.15, 0.2) is 0 Å². The molecular weight excluding hydrogens is 264 g/mol.